The van der Waals surface area contributed by atoms with Crippen molar-refractivity contribution in [2.24, 2.45) is 11.8 Å². The Morgan fingerprint density at radius 3 is 1.78 bits per heavy atom. The van der Waals surface area contributed by atoms with E-state index in [1.54, 1.807) is 0 Å². The van der Waals surface area contributed by atoms with Crippen LogP contribution in [0.15, 0.2) is 0 Å². The number of esters is 1. The van der Waals surface area contributed by atoms with E-state index in [1.165, 1.54) is 89.9 Å². The van der Waals surface area contributed by atoms with Gasteiger partial charge in [-0.2, -0.15) is 0 Å². The lowest BCUT2D eigenvalue weighted by Gasteiger charge is -2.24. The number of unbranched alkanes of at least 4 members (excludes halogenated alkanes) is 13. The molecule has 1 aliphatic carbocycles. The Labute approximate surface area is 230 Å². The van der Waals surface area contributed by atoms with Crippen molar-refractivity contribution >= 4 is 5.97 Å². The zero-order chi connectivity index (χ0) is 27.0. The fraction of sp³-hybridized carbons (Fsp3) is 0.969. The van der Waals surface area contributed by atoms with Crippen molar-refractivity contribution in [1.29, 1.82) is 0 Å². The van der Waals surface area contributed by atoms with Crippen LogP contribution in [0.2, 0.25) is 0 Å². The molecule has 0 aromatic rings. The Kier molecular flexibility index (Phi) is 22.7. The van der Waals surface area contributed by atoms with Crippen LogP contribution in [-0.4, -0.2) is 64.0 Å². The van der Waals surface area contributed by atoms with Crippen LogP contribution < -0.4 is 0 Å². The molecule has 5 heteroatoms. The highest BCUT2D eigenvalue weighted by Gasteiger charge is 2.37. The van der Waals surface area contributed by atoms with Crippen LogP contribution in [0.3, 0.4) is 0 Å². The second-order valence-corrected chi connectivity index (χ2v) is 11.7. The standard InChI is InChI=1S/C32H63NO4/c1-5-7-9-11-13-15-19-23-35-27-31(33(3)4)28-36-24-20-16-18-22-32(34)37-26-30-25-29(30)21-17-14-12-10-8-6-2/h29-31H,5-28H2,1-4H3. The van der Waals surface area contributed by atoms with Crippen LogP contribution in [0.4, 0.5) is 0 Å². The number of nitrogens with zero attached hydrogens (tertiary/aromatic N) is 1. The van der Waals surface area contributed by atoms with Gasteiger partial charge in [0.05, 0.1) is 25.9 Å². The van der Waals surface area contributed by atoms with Gasteiger partial charge in [-0.05, 0) is 51.6 Å². The molecule has 1 aliphatic rings. The molecular formula is C32H63NO4. The topological polar surface area (TPSA) is 48.0 Å². The molecule has 0 bridgehead atoms. The molecule has 3 unspecified atom stereocenters. The van der Waals surface area contributed by atoms with Crippen LogP contribution >= 0.6 is 0 Å². The van der Waals surface area contributed by atoms with E-state index in [0.29, 0.717) is 31.6 Å². The predicted molar refractivity (Wildman–Crippen MR) is 156 cm³/mol. The molecule has 0 spiro atoms. The van der Waals surface area contributed by atoms with E-state index in [1.807, 2.05) is 0 Å². The molecule has 0 saturated heterocycles. The summed E-state index contributed by atoms with van der Waals surface area (Å²) in [5, 5.41) is 0. The van der Waals surface area contributed by atoms with E-state index in [9.17, 15) is 4.79 Å². The lowest BCUT2D eigenvalue weighted by Crippen LogP contribution is -2.37. The molecule has 0 aliphatic heterocycles. The molecule has 1 fully saturated rings. The number of hydrogen-bond acceptors (Lipinski definition) is 5. The summed E-state index contributed by atoms with van der Waals surface area (Å²) in [5.41, 5.74) is 0. The molecular weight excluding hydrogens is 462 g/mol. The van der Waals surface area contributed by atoms with Crippen molar-refractivity contribution < 1.29 is 19.0 Å². The average molecular weight is 526 g/mol. The molecule has 0 N–H and O–H groups in total. The first-order valence-corrected chi connectivity index (χ1v) is 16.1. The van der Waals surface area contributed by atoms with Gasteiger partial charge in [0.25, 0.3) is 0 Å². The largest absolute Gasteiger partial charge is 0.465 e. The SMILES string of the molecule is CCCCCCCCCOCC(COCCCCCC(=O)OCC1CC1CCCCCCCC)N(C)C. The summed E-state index contributed by atoms with van der Waals surface area (Å²) in [4.78, 5) is 14.2. The molecule has 0 aromatic carbocycles. The van der Waals surface area contributed by atoms with Crippen molar-refractivity contribution in [2.45, 2.75) is 142 Å². The number of ether oxygens (including phenoxy) is 3. The minimum Gasteiger partial charge on any atom is -0.465 e. The summed E-state index contributed by atoms with van der Waals surface area (Å²) in [7, 11) is 4.18. The van der Waals surface area contributed by atoms with Crippen LogP contribution in [0.1, 0.15) is 136 Å². The van der Waals surface area contributed by atoms with Gasteiger partial charge in [-0.15, -0.1) is 0 Å². The smallest absolute Gasteiger partial charge is 0.305 e. The van der Waals surface area contributed by atoms with Gasteiger partial charge in [0.1, 0.15) is 0 Å². The van der Waals surface area contributed by atoms with Crippen molar-refractivity contribution in [3.8, 4) is 0 Å². The van der Waals surface area contributed by atoms with E-state index in [2.05, 4.69) is 32.8 Å². The summed E-state index contributed by atoms with van der Waals surface area (Å²) in [5.74, 6) is 1.43. The number of rotatable bonds is 28. The Bertz CT molecular complexity index is 513. The zero-order valence-corrected chi connectivity index (χ0v) is 25.3. The fourth-order valence-electron chi connectivity index (χ4n) is 4.92. The molecule has 220 valence electrons. The highest BCUT2D eigenvalue weighted by atomic mass is 16.5. The number of likely N-dealkylation sites (N-methyl/N-ethyl adjacent to an activating group) is 1. The summed E-state index contributed by atoms with van der Waals surface area (Å²) < 4.78 is 17.4. The van der Waals surface area contributed by atoms with Crippen LogP contribution in [0.25, 0.3) is 0 Å². The molecule has 1 saturated carbocycles. The Hall–Kier alpha value is -0.650. The second-order valence-electron chi connectivity index (χ2n) is 11.7. The van der Waals surface area contributed by atoms with Crippen molar-refractivity contribution in [2.75, 3.05) is 47.1 Å². The fourth-order valence-corrected chi connectivity index (χ4v) is 4.92. The molecule has 5 nitrogen and oxygen atoms in total. The van der Waals surface area contributed by atoms with Gasteiger partial charge in [0.2, 0.25) is 0 Å². The van der Waals surface area contributed by atoms with Crippen molar-refractivity contribution in [3.05, 3.63) is 0 Å². The highest BCUT2D eigenvalue weighted by molar-refractivity contribution is 5.69. The number of carbonyl (C=O) groups is 1. The molecule has 37 heavy (non-hydrogen) atoms. The van der Waals surface area contributed by atoms with Gasteiger partial charge in [0, 0.05) is 19.6 Å². The summed E-state index contributed by atoms with van der Waals surface area (Å²) in [6.07, 6.45) is 23.4. The summed E-state index contributed by atoms with van der Waals surface area (Å²) >= 11 is 0. The lowest BCUT2D eigenvalue weighted by atomic mass is 10.1. The van der Waals surface area contributed by atoms with Crippen LogP contribution in [0.5, 0.6) is 0 Å². The van der Waals surface area contributed by atoms with Crippen molar-refractivity contribution in [3.63, 3.8) is 0 Å². The predicted octanol–water partition coefficient (Wildman–Crippen LogP) is 8.19. The zero-order valence-electron chi connectivity index (χ0n) is 25.3. The molecule has 0 radical (unpaired) electrons. The van der Waals surface area contributed by atoms with Gasteiger partial charge in [0.15, 0.2) is 0 Å². The second kappa shape index (κ2) is 24.4. The molecule has 0 amide bonds. The van der Waals surface area contributed by atoms with Crippen LogP contribution in [0, 0.1) is 11.8 Å². The summed E-state index contributed by atoms with van der Waals surface area (Å²) in [6.45, 7) is 8.22. The lowest BCUT2D eigenvalue weighted by molar-refractivity contribution is -0.144. The third-order valence-corrected chi connectivity index (χ3v) is 7.87. The Morgan fingerprint density at radius 2 is 1.22 bits per heavy atom. The molecule has 3 atom stereocenters. The first kappa shape index (κ1) is 34.4. The average Bonchev–Trinajstić information content (AvgIpc) is 3.64. The third kappa shape index (κ3) is 20.9. The van der Waals surface area contributed by atoms with E-state index < -0.39 is 0 Å². The first-order chi connectivity index (χ1) is 18.1. The number of carbonyl (C=O) groups excluding carboxylic acids is 1. The third-order valence-electron chi connectivity index (χ3n) is 7.87. The molecule has 1 rings (SSSR count). The van der Waals surface area contributed by atoms with Gasteiger partial charge < -0.3 is 19.1 Å². The van der Waals surface area contributed by atoms with Gasteiger partial charge in [-0.1, -0.05) is 104 Å². The highest BCUT2D eigenvalue weighted by Crippen LogP contribution is 2.42. The van der Waals surface area contributed by atoms with E-state index in [0.717, 1.165) is 51.4 Å². The van der Waals surface area contributed by atoms with E-state index in [4.69, 9.17) is 14.2 Å². The van der Waals surface area contributed by atoms with E-state index >= 15 is 0 Å². The van der Waals surface area contributed by atoms with Crippen LogP contribution in [-0.2, 0) is 19.0 Å². The van der Waals surface area contributed by atoms with Crippen molar-refractivity contribution in [1.82, 2.24) is 4.90 Å². The molecule has 0 aromatic heterocycles. The minimum absolute atomic E-state index is 0.0167. The number of hydrogen-bond donors (Lipinski definition) is 0. The maximum Gasteiger partial charge on any atom is 0.305 e. The monoisotopic (exact) mass is 525 g/mol. The maximum absolute atomic E-state index is 12.0. The summed E-state index contributed by atoms with van der Waals surface area (Å²) in [6, 6.07) is 0.298. The van der Waals surface area contributed by atoms with Gasteiger partial charge in [-0.25, -0.2) is 0 Å². The normalized spacial score (nSPS) is 17.9. The first-order valence-electron chi connectivity index (χ1n) is 16.1. The Balaban J connectivity index is 1.89. The minimum atomic E-state index is -0.0167. The Morgan fingerprint density at radius 1 is 0.703 bits per heavy atom. The van der Waals surface area contributed by atoms with Gasteiger partial charge in [-0.3, -0.25) is 4.79 Å². The maximum atomic E-state index is 12.0. The quantitative estimate of drug-likeness (QED) is 0.0761. The molecule has 0 heterocycles. The van der Waals surface area contributed by atoms with E-state index in [-0.39, 0.29) is 5.97 Å². The van der Waals surface area contributed by atoms with Gasteiger partial charge >= 0.3 is 5.97 Å².